The summed E-state index contributed by atoms with van der Waals surface area (Å²) in [6.45, 7) is 0. The second-order valence-corrected chi connectivity index (χ2v) is 5.07. The van der Waals surface area contributed by atoms with Crippen molar-refractivity contribution in [1.82, 2.24) is 19.5 Å². The molecule has 6 heteroatoms. The summed E-state index contributed by atoms with van der Waals surface area (Å²) in [6, 6.07) is 3.90. The summed E-state index contributed by atoms with van der Waals surface area (Å²) in [6.07, 6.45) is 6.84. The zero-order chi connectivity index (χ0) is 13.5. The van der Waals surface area contributed by atoms with E-state index in [2.05, 4.69) is 15.0 Å². The van der Waals surface area contributed by atoms with Crippen molar-refractivity contribution < 1.29 is 4.42 Å². The molecule has 6 nitrogen and oxygen atoms in total. The van der Waals surface area contributed by atoms with Gasteiger partial charge in [-0.05, 0) is 37.8 Å². The average molecular weight is 270 g/mol. The van der Waals surface area contributed by atoms with Crippen molar-refractivity contribution in [2.24, 2.45) is 0 Å². The van der Waals surface area contributed by atoms with Crippen molar-refractivity contribution in [3.8, 4) is 6.01 Å². The standard InChI is InChI=1S/C14H14N4O2/c19-13-16-9-5-2-1-3-6-10(9)18(13)14-17-12-11(20-14)7-4-8-15-12/h4,7-8H,1-3,5-6H2,(H,16,19). The number of oxazole rings is 1. The van der Waals surface area contributed by atoms with Crippen molar-refractivity contribution in [3.05, 3.63) is 40.2 Å². The third kappa shape index (κ3) is 1.68. The van der Waals surface area contributed by atoms with Crippen LogP contribution in [0.3, 0.4) is 0 Å². The fourth-order valence-electron chi connectivity index (χ4n) is 2.81. The zero-order valence-electron chi connectivity index (χ0n) is 10.9. The smallest absolute Gasteiger partial charge is 0.334 e. The Morgan fingerprint density at radius 3 is 3.05 bits per heavy atom. The average Bonchev–Trinajstić information content (AvgIpc) is 2.92. The number of fused-ring (bicyclic) bond motifs is 2. The summed E-state index contributed by atoms with van der Waals surface area (Å²) >= 11 is 0. The molecule has 4 rings (SSSR count). The first-order chi connectivity index (χ1) is 9.83. The molecule has 3 heterocycles. The molecule has 20 heavy (non-hydrogen) atoms. The van der Waals surface area contributed by atoms with Gasteiger partial charge < -0.3 is 9.40 Å². The van der Waals surface area contributed by atoms with Crippen LogP contribution in [0.1, 0.15) is 30.7 Å². The zero-order valence-corrected chi connectivity index (χ0v) is 10.9. The van der Waals surface area contributed by atoms with Crippen molar-refractivity contribution >= 4 is 11.2 Å². The molecule has 0 saturated carbocycles. The molecule has 1 aliphatic carbocycles. The van der Waals surface area contributed by atoms with Crippen LogP contribution in [0.2, 0.25) is 0 Å². The summed E-state index contributed by atoms with van der Waals surface area (Å²) in [5.74, 6) is 0. The van der Waals surface area contributed by atoms with Crippen LogP contribution in [0, 0.1) is 0 Å². The SMILES string of the molecule is O=c1[nH]c2c(n1-c1nc3ncccc3o1)CCCCC2. The molecule has 102 valence electrons. The van der Waals surface area contributed by atoms with E-state index in [0.717, 1.165) is 37.1 Å². The van der Waals surface area contributed by atoms with E-state index >= 15 is 0 Å². The molecule has 0 atom stereocenters. The molecule has 0 fully saturated rings. The topological polar surface area (TPSA) is 76.7 Å². The molecule has 1 N–H and O–H groups in total. The third-order valence-corrected chi connectivity index (χ3v) is 3.76. The summed E-state index contributed by atoms with van der Waals surface area (Å²) in [7, 11) is 0. The molecule has 0 unspecified atom stereocenters. The van der Waals surface area contributed by atoms with Gasteiger partial charge in [-0.15, -0.1) is 0 Å². The minimum Gasteiger partial charge on any atom is -0.421 e. The number of aromatic nitrogens is 4. The molecule has 1 aliphatic rings. The van der Waals surface area contributed by atoms with E-state index in [1.54, 1.807) is 22.9 Å². The van der Waals surface area contributed by atoms with Crippen LogP contribution in [0.25, 0.3) is 17.2 Å². The van der Waals surface area contributed by atoms with Crippen LogP contribution in [0.5, 0.6) is 0 Å². The van der Waals surface area contributed by atoms with E-state index in [9.17, 15) is 4.79 Å². The van der Waals surface area contributed by atoms with Crippen LogP contribution < -0.4 is 5.69 Å². The second kappa shape index (κ2) is 4.33. The molecule has 0 saturated heterocycles. The van der Waals surface area contributed by atoms with Gasteiger partial charge in [0.15, 0.2) is 5.58 Å². The maximum absolute atomic E-state index is 12.2. The number of imidazole rings is 1. The molecule has 0 spiro atoms. The fourth-order valence-corrected chi connectivity index (χ4v) is 2.81. The first-order valence-corrected chi connectivity index (χ1v) is 6.87. The van der Waals surface area contributed by atoms with Crippen molar-refractivity contribution in [2.45, 2.75) is 32.1 Å². The van der Waals surface area contributed by atoms with Gasteiger partial charge in [0.25, 0.3) is 0 Å². The minimum absolute atomic E-state index is 0.177. The van der Waals surface area contributed by atoms with Gasteiger partial charge in [-0.3, -0.25) is 0 Å². The molecule has 0 bridgehead atoms. The summed E-state index contributed by atoms with van der Waals surface area (Å²) in [4.78, 5) is 23.6. The third-order valence-electron chi connectivity index (χ3n) is 3.76. The van der Waals surface area contributed by atoms with E-state index in [4.69, 9.17) is 4.42 Å². The number of aromatic amines is 1. The van der Waals surface area contributed by atoms with E-state index < -0.39 is 0 Å². The molecule has 3 aromatic heterocycles. The lowest BCUT2D eigenvalue weighted by molar-refractivity contribution is 0.549. The number of pyridine rings is 1. The van der Waals surface area contributed by atoms with Crippen LogP contribution in [-0.2, 0) is 12.8 Å². The van der Waals surface area contributed by atoms with Crippen LogP contribution >= 0.6 is 0 Å². The highest BCUT2D eigenvalue weighted by Gasteiger charge is 2.20. The Hall–Kier alpha value is -2.37. The van der Waals surface area contributed by atoms with Crippen LogP contribution in [-0.4, -0.2) is 19.5 Å². The fraction of sp³-hybridized carbons (Fsp3) is 0.357. The first-order valence-electron chi connectivity index (χ1n) is 6.87. The van der Waals surface area contributed by atoms with Crippen LogP contribution in [0.15, 0.2) is 27.5 Å². The van der Waals surface area contributed by atoms with Crippen molar-refractivity contribution in [2.75, 3.05) is 0 Å². The predicted molar refractivity (Wildman–Crippen MR) is 73.0 cm³/mol. The number of nitrogens with one attached hydrogen (secondary N) is 1. The maximum atomic E-state index is 12.2. The Morgan fingerprint density at radius 1 is 1.25 bits per heavy atom. The normalized spacial score (nSPS) is 15.2. The van der Waals surface area contributed by atoms with Gasteiger partial charge in [0.2, 0.25) is 5.65 Å². The van der Waals surface area contributed by atoms with Gasteiger partial charge in [-0.25, -0.2) is 14.3 Å². The lowest BCUT2D eigenvalue weighted by atomic mass is 10.2. The van der Waals surface area contributed by atoms with Gasteiger partial charge in [0.05, 0.1) is 5.69 Å². The second-order valence-electron chi connectivity index (χ2n) is 5.07. The number of hydrogen-bond donors (Lipinski definition) is 1. The Bertz CT molecular complexity index is 794. The number of aryl methyl sites for hydroxylation is 1. The predicted octanol–water partition coefficient (Wildman–Crippen LogP) is 1.97. The monoisotopic (exact) mass is 270 g/mol. The highest BCUT2D eigenvalue weighted by Crippen LogP contribution is 2.22. The highest BCUT2D eigenvalue weighted by molar-refractivity contribution is 5.68. The molecule has 0 aliphatic heterocycles. The van der Waals surface area contributed by atoms with Gasteiger partial charge in [0, 0.05) is 11.9 Å². The molecule has 3 aromatic rings. The maximum Gasteiger partial charge on any atom is 0.334 e. The van der Waals surface area contributed by atoms with Gasteiger partial charge in [0.1, 0.15) is 0 Å². The summed E-state index contributed by atoms with van der Waals surface area (Å²) in [5.41, 5.74) is 2.96. The van der Waals surface area contributed by atoms with Crippen LogP contribution in [0.4, 0.5) is 0 Å². The molecule has 0 radical (unpaired) electrons. The minimum atomic E-state index is -0.177. The van der Waals surface area contributed by atoms with Gasteiger partial charge in [-0.2, -0.15) is 4.98 Å². The van der Waals surface area contributed by atoms with E-state index in [0.29, 0.717) is 17.2 Å². The molecular weight excluding hydrogens is 256 g/mol. The van der Waals surface area contributed by atoms with Crippen molar-refractivity contribution in [3.63, 3.8) is 0 Å². The first kappa shape index (κ1) is 11.5. The molecule has 0 amide bonds. The Kier molecular flexibility index (Phi) is 2.48. The number of rotatable bonds is 1. The summed E-state index contributed by atoms with van der Waals surface area (Å²) < 4.78 is 7.23. The molecule has 0 aromatic carbocycles. The summed E-state index contributed by atoms with van der Waals surface area (Å²) in [5, 5.41) is 0. The lowest BCUT2D eigenvalue weighted by Crippen LogP contribution is -2.17. The Morgan fingerprint density at radius 2 is 2.15 bits per heavy atom. The van der Waals surface area contributed by atoms with Gasteiger partial charge >= 0.3 is 11.7 Å². The van der Waals surface area contributed by atoms with E-state index in [1.165, 1.54) is 6.42 Å². The molecular formula is C14H14N4O2. The number of hydrogen-bond acceptors (Lipinski definition) is 4. The largest absolute Gasteiger partial charge is 0.421 e. The quantitative estimate of drug-likeness (QED) is 0.686. The number of nitrogens with zero attached hydrogens (tertiary/aromatic N) is 3. The Labute approximate surface area is 114 Å². The van der Waals surface area contributed by atoms with E-state index in [-0.39, 0.29) is 5.69 Å². The Balaban J connectivity index is 1.93. The lowest BCUT2D eigenvalue weighted by Gasteiger charge is -2.01. The van der Waals surface area contributed by atoms with E-state index in [1.807, 2.05) is 0 Å². The highest BCUT2D eigenvalue weighted by atomic mass is 16.4. The number of H-pyrrole nitrogens is 1. The van der Waals surface area contributed by atoms with Gasteiger partial charge in [-0.1, -0.05) is 6.42 Å². The van der Waals surface area contributed by atoms with Crippen molar-refractivity contribution in [1.29, 1.82) is 0 Å².